The quantitative estimate of drug-likeness (QED) is 0.672. The van der Waals surface area contributed by atoms with Crippen molar-refractivity contribution in [2.75, 3.05) is 11.9 Å². The lowest BCUT2D eigenvalue weighted by Crippen LogP contribution is -2.22. The van der Waals surface area contributed by atoms with Gasteiger partial charge in [0, 0.05) is 13.0 Å². The molecule has 2 N–H and O–H groups in total. The summed E-state index contributed by atoms with van der Waals surface area (Å²) in [5.41, 5.74) is 1.73. The van der Waals surface area contributed by atoms with E-state index in [0.717, 1.165) is 16.9 Å². The van der Waals surface area contributed by atoms with Gasteiger partial charge in [-0.15, -0.1) is 11.3 Å². The fourth-order valence-electron chi connectivity index (χ4n) is 2.54. The highest BCUT2D eigenvalue weighted by Gasteiger charge is 2.26. The molecule has 0 atom stereocenters. The predicted molar refractivity (Wildman–Crippen MR) is 106 cm³/mol. The molecule has 0 aliphatic rings. The summed E-state index contributed by atoms with van der Waals surface area (Å²) in [7, 11) is 0. The molecule has 7 heteroatoms. The number of ether oxygens (including phenoxy) is 1. The molecule has 2 aromatic rings. The SMILES string of the molecule is CCCC(=O)Nc1sc(C(=O)NCc2ccccc2)c(C)c1C(=O)OCC. The first kappa shape index (κ1) is 20.6. The Morgan fingerprint density at radius 1 is 1.11 bits per heavy atom. The summed E-state index contributed by atoms with van der Waals surface area (Å²) in [4.78, 5) is 37.4. The van der Waals surface area contributed by atoms with Crippen LogP contribution in [0.1, 0.15) is 57.8 Å². The molecule has 0 fully saturated rings. The Hall–Kier alpha value is -2.67. The molecule has 6 nitrogen and oxygen atoms in total. The highest BCUT2D eigenvalue weighted by atomic mass is 32.1. The zero-order chi connectivity index (χ0) is 19.8. The Morgan fingerprint density at radius 3 is 2.44 bits per heavy atom. The minimum Gasteiger partial charge on any atom is -0.462 e. The number of rotatable bonds is 8. The van der Waals surface area contributed by atoms with E-state index in [4.69, 9.17) is 4.74 Å². The third-order valence-electron chi connectivity index (χ3n) is 3.86. The van der Waals surface area contributed by atoms with Crippen LogP contribution in [0, 0.1) is 6.92 Å². The van der Waals surface area contributed by atoms with Crippen LogP contribution >= 0.6 is 11.3 Å². The van der Waals surface area contributed by atoms with Crippen LogP contribution in [0.2, 0.25) is 0 Å². The van der Waals surface area contributed by atoms with Gasteiger partial charge in [0.2, 0.25) is 5.91 Å². The van der Waals surface area contributed by atoms with E-state index in [2.05, 4.69) is 10.6 Å². The zero-order valence-electron chi connectivity index (χ0n) is 15.8. The van der Waals surface area contributed by atoms with E-state index in [1.807, 2.05) is 37.3 Å². The van der Waals surface area contributed by atoms with E-state index >= 15 is 0 Å². The van der Waals surface area contributed by atoms with Crippen LogP contribution < -0.4 is 10.6 Å². The van der Waals surface area contributed by atoms with E-state index in [1.54, 1.807) is 13.8 Å². The molecule has 1 aromatic carbocycles. The molecule has 0 aliphatic heterocycles. The maximum atomic E-state index is 12.6. The summed E-state index contributed by atoms with van der Waals surface area (Å²) >= 11 is 1.09. The van der Waals surface area contributed by atoms with Gasteiger partial charge in [-0.3, -0.25) is 9.59 Å². The van der Waals surface area contributed by atoms with Crippen LogP contribution in [0.5, 0.6) is 0 Å². The van der Waals surface area contributed by atoms with E-state index in [-0.39, 0.29) is 24.0 Å². The first-order valence-electron chi connectivity index (χ1n) is 8.90. The number of amides is 2. The van der Waals surface area contributed by atoms with Crippen molar-refractivity contribution >= 4 is 34.1 Å². The standard InChI is InChI=1S/C20H24N2O4S/c1-4-9-15(23)22-19-16(20(25)26-5-2)13(3)17(27-19)18(24)21-12-14-10-7-6-8-11-14/h6-8,10-11H,4-5,9,12H2,1-3H3,(H,21,24)(H,22,23). The number of carbonyl (C=O) groups excluding carboxylic acids is 3. The minimum absolute atomic E-state index is 0.194. The second-order valence-corrected chi connectivity index (χ2v) is 6.97. The van der Waals surface area contributed by atoms with Crippen molar-refractivity contribution < 1.29 is 19.1 Å². The fraction of sp³-hybridized carbons (Fsp3) is 0.350. The van der Waals surface area contributed by atoms with Gasteiger partial charge in [0.05, 0.1) is 17.0 Å². The maximum Gasteiger partial charge on any atom is 0.341 e. The molecular formula is C20H24N2O4S. The minimum atomic E-state index is -0.542. The largest absolute Gasteiger partial charge is 0.462 e. The number of benzene rings is 1. The summed E-state index contributed by atoms with van der Waals surface area (Å²) in [6.07, 6.45) is 1.03. The first-order valence-corrected chi connectivity index (χ1v) is 9.72. The first-order chi connectivity index (χ1) is 13.0. The predicted octanol–water partition coefficient (Wildman–Crippen LogP) is 3.90. The molecule has 144 valence electrons. The van der Waals surface area contributed by atoms with E-state index in [0.29, 0.717) is 34.8 Å². The third-order valence-corrected chi connectivity index (χ3v) is 5.06. The molecule has 0 radical (unpaired) electrons. The van der Waals surface area contributed by atoms with Gasteiger partial charge in [0.15, 0.2) is 0 Å². The maximum absolute atomic E-state index is 12.6. The van der Waals surface area contributed by atoms with Crippen molar-refractivity contribution in [1.82, 2.24) is 5.32 Å². The van der Waals surface area contributed by atoms with Gasteiger partial charge in [-0.2, -0.15) is 0 Å². The average Bonchev–Trinajstić information content (AvgIpc) is 2.97. The molecule has 2 amide bonds. The highest BCUT2D eigenvalue weighted by Crippen LogP contribution is 2.34. The van der Waals surface area contributed by atoms with E-state index < -0.39 is 5.97 Å². The second kappa shape index (κ2) is 9.87. The van der Waals surface area contributed by atoms with Gasteiger partial charge in [0.1, 0.15) is 5.00 Å². The van der Waals surface area contributed by atoms with Crippen molar-refractivity contribution in [2.45, 2.75) is 40.2 Å². The topological polar surface area (TPSA) is 84.5 Å². The van der Waals surface area contributed by atoms with Crippen LogP contribution in [-0.2, 0) is 16.1 Å². The lowest BCUT2D eigenvalue weighted by Gasteiger charge is -2.06. The van der Waals surface area contributed by atoms with Crippen molar-refractivity contribution in [3.63, 3.8) is 0 Å². The Balaban J connectivity index is 2.25. The molecule has 1 heterocycles. The van der Waals surface area contributed by atoms with Crippen molar-refractivity contribution in [2.24, 2.45) is 0 Å². The molecule has 0 saturated carbocycles. The lowest BCUT2D eigenvalue weighted by molar-refractivity contribution is -0.116. The van der Waals surface area contributed by atoms with Gasteiger partial charge >= 0.3 is 5.97 Å². The van der Waals surface area contributed by atoms with Crippen LogP contribution in [0.15, 0.2) is 30.3 Å². The summed E-state index contributed by atoms with van der Waals surface area (Å²) in [6, 6.07) is 9.55. The molecule has 0 saturated heterocycles. The summed E-state index contributed by atoms with van der Waals surface area (Å²) in [5, 5.41) is 5.95. The van der Waals surface area contributed by atoms with Gasteiger partial charge < -0.3 is 15.4 Å². The number of hydrogen-bond donors (Lipinski definition) is 2. The number of nitrogens with one attached hydrogen (secondary N) is 2. The average molecular weight is 388 g/mol. The molecule has 2 rings (SSSR count). The summed E-state index contributed by atoms with van der Waals surface area (Å²) in [5.74, 6) is -1.02. The monoisotopic (exact) mass is 388 g/mol. The molecule has 0 unspecified atom stereocenters. The lowest BCUT2D eigenvalue weighted by atomic mass is 10.1. The van der Waals surface area contributed by atoms with Gasteiger partial charge in [-0.1, -0.05) is 37.3 Å². The Morgan fingerprint density at radius 2 is 1.81 bits per heavy atom. The number of hydrogen-bond acceptors (Lipinski definition) is 5. The second-order valence-electron chi connectivity index (χ2n) is 5.95. The highest BCUT2D eigenvalue weighted by molar-refractivity contribution is 7.18. The Labute approximate surface area is 162 Å². The third kappa shape index (κ3) is 5.40. The Bertz CT molecular complexity index is 815. The number of thiophene rings is 1. The molecule has 0 spiro atoms. The van der Waals surface area contributed by atoms with Gasteiger partial charge in [0.25, 0.3) is 5.91 Å². The van der Waals surface area contributed by atoms with Crippen LogP contribution in [0.4, 0.5) is 5.00 Å². The van der Waals surface area contributed by atoms with Gasteiger partial charge in [-0.25, -0.2) is 4.79 Å². The normalized spacial score (nSPS) is 10.3. The summed E-state index contributed by atoms with van der Waals surface area (Å²) in [6.45, 7) is 5.89. The smallest absolute Gasteiger partial charge is 0.341 e. The van der Waals surface area contributed by atoms with Crippen LogP contribution in [-0.4, -0.2) is 24.4 Å². The van der Waals surface area contributed by atoms with E-state index in [9.17, 15) is 14.4 Å². The molecule has 27 heavy (non-hydrogen) atoms. The zero-order valence-corrected chi connectivity index (χ0v) is 16.6. The number of esters is 1. The number of carbonyl (C=O) groups is 3. The number of anilines is 1. The fourth-order valence-corrected chi connectivity index (χ4v) is 3.67. The van der Waals surface area contributed by atoms with Crippen LogP contribution in [0.3, 0.4) is 0 Å². The molecule has 0 aliphatic carbocycles. The molecule has 0 bridgehead atoms. The molecular weight excluding hydrogens is 364 g/mol. The van der Waals surface area contributed by atoms with Crippen LogP contribution in [0.25, 0.3) is 0 Å². The van der Waals surface area contributed by atoms with Crippen molar-refractivity contribution in [1.29, 1.82) is 0 Å². The van der Waals surface area contributed by atoms with Crippen molar-refractivity contribution in [3.05, 3.63) is 51.9 Å². The van der Waals surface area contributed by atoms with Crippen molar-refractivity contribution in [3.8, 4) is 0 Å². The van der Waals surface area contributed by atoms with Gasteiger partial charge in [-0.05, 0) is 31.4 Å². The van der Waals surface area contributed by atoms with E-state index in [1.165, 1.54) is 0 Å². The molecule has 1 aromatic heterocycles. The summed E-state index contributed by atoms with van der Waals surface area (Å²) < 4.78 is 5.10. The Kier molecular flexibility index (Phi) is 7.55.